The Morgan fingerprint density at radius 2 is 1.47 bits per heavy atom. The summed E-state index contributed by atoms with van der Waals surface area (Å²) in [5.74, 6) is -0.308. The molecule has 0 aliphatic rings. The third kappa shape index (κ3) is 5.33. The minimum Gasteiger partial charge on any atom is -0.387 e. The lowest BCUT2D eigenvalue weighted by atomic mass is 9.90. The van der Waals surface area contributed by atoms with Crippen LogP contribution in [0.1, 0.15) is 33.3 Å². The first-order valence-electron chi connectivity index (χ1n) is 5.42. The Labute approximate surface area is 104 Å². The first kappa shape index (κ1) is 16.1. The van der Waals surface area contributed by atoms with Crippen molar-refractivity contribution in [2.45, 2.75) is 45.8 Å². The van der Waals surface area contributed by atoms with Gasteiger partial charge in [0, 0.05) is 0 Å². The summed E-state index contributed by atoms with van der Waals surface area (Å²) in [5, 5.41) is 18.2. The van der Waals surface area contributed by atoms with Crippen molar-refractivity contribution in [3.63, 3.8) is 0 Å². The van der Waals surface area contributed by atoms with Gasteiger partial charge in [0.1, 0.15) is 13.7 Å². The van der Waals surface area contributed by atoms with Crippen molar-refractivity contribution in [2.24, 2.45) is 0 Å². The highest BCUT2D eigenvalue weighted by Gasteiger charge is 2.31. The summed E-state index contributed by atoms with van der Waals surface area (Å²) in [6.45, 7) is 7.99. The first-order chi connectivity index (χ1) is 7.47. The number of benzene rings is 1. The van der Waals surface area contributed by atoms with Gasteiger partial charge in [-0.3, -0.25) is 0 Å². The van der Waals surface area contributed by atoms with Crippen molar-refractivity contribution in [3.05, 3.63) is 29.6 Å². The summed E-state index contributed by atoms with van der Waals surface area (Å²) >= 11 is 0. The highest BCUT2D eigenvalue weighted by molar-refractivity contribution is 6.32. The van der Waals surface area contributed by atoms with Crippen molar-refractivity contribution >= 4 is 13.3 Å². The van der Waals surface area contributed by atoms with Crippen LogP contribution in [0.25, 0.3) is 0 Å². The molecule has 94 valence electrons. The van der Waals surface area contributed by atoms with Gasteiger partial charge in [-0.1, -0.05) is 23.7 Å². The van der Waals surface area contributed by atoms with Gasteiger partial charge < -0.3 is 10.2 Å². The average Bonchev–Trinajstić information content (AvgIpc) is 2.12. The van der Waals surface area contributed by atoms with Gasteiger partial charge in [-0.05, 0) is 40.2 Å². The smallest absolute Gasteiger partial charge is 0.119 e. The van der Waals surface area contributed by atoms with Crippen molar-refractivity contribution in [1.29, 1.82) is 0 Å². The second-order valence-electron chi connectivity index (χ2n) is 5.10. The molecule has 0 atom stereocenters. The van der Waals surface area contributed by atoms with Crippen molar-refractivity contribution < 1.29 is 14.6 Å². The van der Waals surface area contributed by atoms with E-state index in [4.69, 9.17) is 18.1 Å². The predicted octanol–water partition coefficient (Wildman–Crippen LogP) is 1.46. The van der Waals surface area contributed by atoms with E-state index in [1.54, 1.807) is 52.8 Å². The summed E-state index contributed by atoms with van der Waals surface area (Å²) in [5.41, 5.74) is -1.20. The van der Waals surface area contributed by atoms with Crippen molar-refractivity contribution in [1.82, 2.24) is 0 Å². The van der Waals surface area contributed by atoms with Gasteiger partial charge in [0.25, 0.3) is 0 Å². The van der Waals surface area contributed by atoms with E-state index in [9.17, 15) is 4.39 Å². The second-order valence-corrected chi connectivity index (χ2v) is 5.10. The van der Waals surface area contributed by atoms with E-state index in [2.05, 4.69) is 0 Å². The minimum atomic E-state index is -1.01. The molecule has 17 heavy (non-hydrogen) atoms. The molecule has 0 amide bonds. The van der Waals surface area contributed by atoms with Crippen LogP contribution in [0.3, 0.4) is 0 Å². The maximum Gasteiger partial charge on any atom is 0.119 e. The van der Waals surface area contributed by atoms with Crippen LogP contribution in [-0.2, 0) is 0 Å². The summed E-state index contributed by atoms with van der Waals surface area (Å²) in [7, 11) is 5.25. The predicted molar refractivity (Wildman–Crippen MR) is 69.1 cm³/mol. The van der Waals surface area contributed by atoms with Crippen LogP contribution in [0.4, 0.5) is 4.39 Å². The maximum atomic E-state index is 12.6. The Bertz CT molecular complexity index is 332. The van der Waals surface area contributed by atoms with Crippen LogP contribution < -0.4 is 5.46 Å². The molecule has 2 N–H and O–H groups in total. The SMILES string of the molecule is CC(C)(O)C(C)(C)O.[B]c1cccc(C)c1F. The number of aryl methyl sites for hydroxylation is 1. The first-order valence-corrected chi connectivity index (χ1v) is 5.42. The molecule has 0 spiro atoms. The normalized spacial score (nSPS) is 11.8. The largest absolute Gasteiger partial charge is 0.387 e. The standard InChI is InChI=1S/C7H6BF.C6H14O2/c1-5-3-2-4-6(8)7(5)9;1-5(2,7)6(3,4)8/h2-4H,1H3;7-8H,1-4H3. The molecule has 2 radical (unpaired) electrons. The van der Waals surface area contributed by atoms with Gasteiger partial charge >= 0.3 is 0 Å². The fourth-order valence-corrected chi connectivity index (χ4v) is 0.670. The van der Waals surface area contributed by atoms with Gasteiger partial charge in [0.05, 0.1) is 11.2 Å². The zero-order valence-corrected chi connectivity index (χ0v) is 11.1. The van der Waals surface area contributed by atoms with Crippen LogP contribution in [0.5, 0.6) is 0 Å². The second kappa shape index (κ2) is 5.65. The van der Waals surface area contributed by atoms with Gasteiger partial charge in [-0.15, -0.1) is 0 Å². The molecule has 0 aliphatic carbocycles. The van der Waals surface area contributed by atoms with Gasteiger partial charge in [-0.25, -0.2) is 4.39 Å². The summed E-state index contributed by atoms with van der Waals surface area (Å²) in [4.78, 5) is 0. The lowest BCUT2D eigenvalue weighted by Crippen LogP contribution is -2.44. The average molecular weight is 238 g/mol. The molecule has 1 rings (SSSR count). The van der Waals surface area contributed by atoms with Crippen molar-refractivity contribution in [3.8, 4) is 0 Å². The highest BCUT2D eigenvalue weighted by atomic mass is 19.1. The number of rotatable bonds is 1. The minimum absolute atomic E-state index is 0.218. The lowest BCUT2D eigenvalue weighted by Gasteiger charge is -2.31. The van der Waals surface area contributed by atoms with E-state index in [0.717, 1.165) is 0 Å². The molecule has 4 heteroatoms. The van der Waals surface area contributed by atoms with Gasteiger partial charge in [0.15, 0.2) is 0 Å². The summed E-state index contributed by atoms with van der Waals surface area (Å²) < 4.78 is 12.6. The highest BCUT2D eigenvalue weighted by Crippen LogP contribution is 2.19. The molecule has 0 saturated heterocycles. The number of aliphatic hydroxyl groups is 2. The Morgan fingerprint density at radius 1 is 1.06 bits per heavy atom. The zero-order chi connectivity index (χ0) is 13.9. The molecule has 0 aromatic heterocycles. The zero-order valence-electron chi connectivity index (χ0n) is 11.1. The maximum absolute atomic E-state index is 12.6. The molecule has 1 aromatic carbocycles. The van der Waals surface area contributed by atoms with Crippen LogP contribution in [0.2, 0.25) is 0 Å². The lowest BCUT2D eigenvalue weighted by molar-refractivity contribution is -0.107. The topological polar surface area (TPSA) is 40.5 Å². The molecular weight excluding hydrogens is 218 g/mol. The number of hydrogen-bond acceptors (Lipinski definition) is 2. The molecular formula is C13H20BFO2. The van der Waals surface area contributed by atoms with Gasteiger partial charge in [0.2, 0.25) is 0 Å². The van der Waals surface area contributed by atoms with E-state index < -0.39 is 11.2 Å². The fourth-order valence-electron chi connectivity index (χ4n) is 0.670. The molecule has 0 bridgehead atoms. The molecule has 0 unspecified atom stereocenters. The Kier molecular flexibility index (Phi) is 5.36. The van der Waals surface area contributed by atoms with E-state index >= 15 is 0 Å². The van der Waals surface area contributed by atoms with Crippen molar-refractivity contribution in [2.75, 3.05) is 0 Å². The Morgan fingerprint density at radius 3 is 1.71 bits per heavy atom. The van der Waals surface area contributed by atoms with Crippen LogP contribution in [-0.4, -0.2) is 29.3 Å². The van der Waals surface area contributed by atoms with E-state index in [1.807, 2.05) is 0 Å². The van der Waals surface area contributed by atoms with Gasteiger partial charge in [-0.2, -0.15) is 0 Å². The monoisotopic (exact) mass is 238 g/mol. The van der Waals surface area contributed by atoms with E-state index in [1.165, 1.54) is 0 Å². The Hall–Kier alpha value is -0.865. The molecule has 0 saturated carbocycles. The van der Waals surface area contributed by atoms with E-state index in [0.29, 0.717) is 5.56 Å². The number of halogens is 1. The quantitative estimate of drug-likeness (QED) is 0.727. The number of hydrogen-bond donors (Lipinski definition) is 2. The molecule has 0 fully saturated rings. The fraction of sp³-hybridized carbons (Fsp3) is 0.538. The van der Waals surface area contributed by atoms with Crippen LogP contribution >= 0.6 is 0 Å². The third-order valence-corrected chi connectivity index (χ3v) is 2.72. The molecule has 0 aliphatic heterocycles. The van der Waals surface area contributed by atoms with Crippen LogP contribution in [0.15, 0.2) is 18.2 Å². The molecule has 2 nitrogen and oxygen atoms in total. The summed E-state index contributed by atoms with van der Waals surface area (Å²) in [6, 6.07) is 4.96. The summed E-state index contributed by atoms with van der Waals surface area (Å²) in [6.07, 6.45) is 0. The third-order valence-electron chi connectivity index (χ3n) is 2.72. The van der Waals surface area contributed by atoms with E-state index in [-0.39, 0.29) is 11.3 Å². The molecule has 0 heterocycles. The van der Waals surface area contributed by atoms with Crippen LogP contribution in [0, 0.1) is 12.7 Å². The Balaban J connectivity index is 0.000000304. The molecule has 1 aromatic rings.